The second-order valence-corrected chi connectivity index (χ2v) is 6.63. The second-order valence-electron chi connectivity index (χ2n) is 6.63. The van der Waals surface area contributed by atoms with Gasteiger partial charge in [0.05, 0.1) is 11.0 Å². The minimum Gasteiger partial charge on any atom is -0.336 e. The van der Waals surface area contributed by atoms with Crippen LogP contribution in [-0.4, -0.2) is 58.8 Å². The molecule has 8 nitrogen and oxygen atoms in total. The summed E-state index contributed by atoms with van der Waals surface area (Å²) in [7, 11) is 0. The molecular formula is C20H22N4O4. The van der Waals surface area contributed by atoms with Gasteiger partial charge in [0, 0.05) is 37.8 Å². The molecule has 8 heteroatoms. The number of hydrogen-bond donors (Lipinski definition) is 1. The topological polar surface area (TPSA) is 95.8 Å². The van der Waals surface area contributed by atoms with Gasteiger partial charge in [0.15, 0.2) is 0 Å². The Kier molecular flexibility index (Phi) is 6.00. The van der Waals surface area contributed by atoms with E-state index in [1.54, 1.807) is 36.1 Å². The zero-order valence-corrected chi connectivity index (χ0v) is 15.6. The summed E-state index contributed by atoms with van der Waals surface area (Å²) in [4.78, 5) is 39.4. The Morgan fingerprint density at radius 3 is 2.25 bits per heavy atom. The standard InChI is InChI=1S/C20H22N4O4/c1-15(19(25)21-17-9-5-6-10-18(17)24(27)28)22-11-13-23(14-12-22)20(26)16-7-3-2-4-8-16/h2-10,15H,11-14H2,1H3,(H,21,25)/t15-/m0/s1. The number of carbonyl (C=O) groups is 2. The van der Waals surface area contributed by atoms with E-state index in [4.69, 9.17) is 0 Å². The molecule has 0 radical (unpaired) electrons. The Hall–Kier alpha value is -3.26. The fraction of sp³-hybridized carbons (Fsp3) is 0.300. The summed E-state index contributed by atoms with van der Waals surface area (Å²) < 4.78 is 0. The van der Waals surface area contributed by atoms with Crippen molar-refractivity contribution < 1.29 is 14.5 Å². The van der Waals surface area contributed by atoms with Crippen molar-refractivity contribution in [2.75, 3.05) is 31.5 Å². The van der Waals surface area contributed by atoms with Gasteiger partial charge in [-0.3, -0.25) is 24.6 Å². The number of nitro groups is 1. The first-order valence-electron chi connectivity index (χ1n) is 9.10. The van der Waals surface area contributed by atoms with Crippen LogP contribution in [0, 0.1) is 10.1 Å². The van der Waals surface area contributed by atoms with Crippen LogP contribution in [0.3, 0.4) is 0 Å². The quantitative estimate of drug-likeness (QED) is 0.633. The summed E-state index contributed by atoms with van der Waals surface area (Å²) in [6.07, 6.45) is 0. The molecule has 1 heterocycles. The van der Waals surface area contributed by atoms with Gasteiger partial charge in [-0.05, 0) is 25.1 Å². The smallest absolute Gasteiger partial charge is 0.292 e. The molecule has 3 rings (SSSR count). The minimum absolute atomic E-state index is 0.0164. The first-order chi connectivity index (χ1) is 13.5. The van der Waals surface area contributed by atoms with E-state index in [1.165, 1.54) is 12.1 Å². The van der Waals surface area contributed by atoms with Crippen LogP contribution < -0.4 is 5.32 Å². The van der Waals surface area contributed by atoms with E-state index < -0.39 is 11.0 Å². The van der Waals surface area contributed by atoms with Crippen LogP contribution in [-0.2, 0) is 4.79 Å². The Labute approximate surface area is 162 Å². The number of carbonyl (C=O) groups excluding carboxylic acids is 2. The van der Waals surface area contributed by atoms with Crippen molar-refractivity contribution in [3.05, 3.63) is 70.3 Å². The molecule has 2 amide bonds. The first-order valence-corrected chi connectivity index (χ1v) is 9.10. The highest BCUT2D eigenvalue weighted by Gasteiger charge is 2.28. The van der Waals surface area contributed by atoms with Gasteiger partial charge in [0.25, 0.3) is 11.6 Å². The molecule has 1 aliphatic rings. The Balaban J connectivity index is 1.58. The van der Waals surface area contributed by atoms with Gasteiger partial charge in [-0.15, -0.1) is 0 Å². The molecule has 1 saturated heterocycles. The lowest BCUT2D eigenvalue weighted by atomic mass is 10.1. The maximum absolute atomic E-state index is 12.6. The molecule has 1 fully saturated rings. The van der Waals surface area contributed by atoms with Crippen LogP contribution in [0.2, 0.25) is 0 Å². The van der Waals surface area contributed by atoms with E-state index in [0.717, 1.165) is 0 Å². The van der Waals surface area contributed by atoms with Crippen molar-refractivity contribution in [3.8, 4) is 0 Å². The molecule has 0 saturated carbocycles. The third-order valence-corrected chi connectivity index (χ3v) is 4.91. The second kappa shape index (κ2) is 8.62. The van der Waals surface area contributed by atoms with Gasteiger partial charge in [0.1, 0.15) is 5.69 Å². The van der Waals surface area contributed by atoms with Crippen molar-refractivity contribution in [1.29, 1.82) is 0 Å². The third-order valence-electron chi connectivity index (χ3n) is 4.91. The lowest BCUT2D eigenvalue weighted by Gasteiger charge is -2.37. The largest absolute Gasteiger partial charge is 0.336 e. The molecule has 2 aromatic carbocycles. The average molecular weight is 382 g/mol. The molecule has 1 N–H and O–H groups in total. The summed E-state index contributed by atoms with van der Waals surface area (Å²) in [5, 5.41) is 13.7. The maximum Gasteiger partial charge on any atom is 0.292 e. The van der Waals surface area contributed by atoms with Gasteiger partial charge in [-0.25, -0.2) is 0 Å². The fourth-order valence-corrected chi connectivity index (χ4v) is 3.22. The van der Waals surface area contributed by atoms with Crippen LogP contribution in [0.25, 0.3) is 0 Å². The number of piperazine rings is 1. The van der Waals surface area contributed by atoms with Gasteiger partial charge in [-0.1, -0.05) is 30.3 Å². The molecule has 2 aromatic rings. The highest BCUT2D eigenvalue weighted by Crippen LogP contribution is 2.23. The number of para-hydroxylation sites is 2. The number of nitro benzene ring substituents is 1. The Bertz CT molecular complexity index is 864. The number of anilines is 1. The van der Waals surface area contributed by atoms with E-state index >= 15 is 0 Å². The lowest BCUT2D eigenvalue weighted by molar-refractivity contribution is -0.383. The molecule has 146 valence electrons. The summed E-state index contributed by atoms with van der Waals surface area (Å²) in [5.74, 6) is -0.325. The molecule has 0 spiro atoms. The zero-order valence-electron chi connectivity index (χ0n) is 15.6. The fourth-order valence-electron chi connectivity index (χ4n) is 3.22. The number of amides is 2. The predicted octanol–water partition coefficient (Wildman–Crippen LogP) is 2.38. The average Bonchev–Trinajstić information content (AvgIpc) is 2.73. The number of nitrogens with one attached hydrogen (secondary N) is 1. The highest BCUT2D eigenvalue weighted by molar-refractivity contribution is 5.96. The molecule has 28 heavy (non-hydrogen) atoms. The highest BCUT2D eigenvalue weighted by atomic mass is 16.6. The van der Waals surface area contributed by atoms with Gasteiger partial charge >= 0.3 is 0 Å². The van der Waals surface area contributed by atoms with E-state index in [9.17, 15) is 19.7 Å². The summed E-state index contributed by atoms with van der Waals surface area (Å²) in [5.41, 5.74) is 0.696. The molecule has 1 atom stereocenters. The molecule has 0 aromatic heterocycles. The summed E-state index contributed by atoms with van der Waals surface area (Å²) in [6, 6.07) is 14.7. The van der Waals surface area contributed by atoms with Crippen molar-refractivity contribution in [2.24, 2.45) is 0 Å². The number of nitrogens with zero attached hydrogens (tertiary/aromatic N) is 3. The molecular weight excluding hydrogens is 360 g/mol. The van der Waals surface area contributed by atoms with Gasteiger partial charge in [-0.2, -0.15) is 0 Å². The van der Waals surface area contributed by atoms with E-state index in [1.807, 2.05) is 23.1 Å². The number of hydrogen-bond acceptors (Lipinski definition) is 5. The molecule has 0 aliphatic carbocycles. The minimum atomic E-state index is -0.520. The predicted molar refractivity (Wildman–Crippen MR) is 105 cm³/mol. The Morgan fingerprint density at radius 1 is 1.00 bits per heavy atom. The van der Waals surface area contributed by atoms with E-state index in [-0.39, 0.29) is 23.2 Å². The van der Waals surface area contributed by atoms with Crippen molar-refractivity contribution in [1.82, 2.24) is 9.80 Å². The number of benzene rings is 2. The van der Waals surface area contributed by atoms with Crippen molar-refractivity contribution in [2.45, 2.75) is 13.0 Å². The van der Waals surface area contributed by atoms with Crippen molar-refractivity contribution in [3.63, 3.8) is 0 Å². The van der Waals surface area contributed by atoms with E-state index in [0.29, 0.717) is 31.7 Å². The SMILES string of the molecule is C[C@@H](C(=O)Nc1ccccc1[N+](=O)[O-])N1CCN(C(=O)c2ccccc2)CC1. The molecule has 1 aliphatic heterocycles. The van der Waals surface area contributed by atoms with Crippen LogP contribution in [0.4, 0.5) is 11.4 Å². The van der Waals surface area contributed by atoms with E-state index in [2.05, 4.69) is 5.32 Å². The van der Waals surface area contributed by atoms with Crippen LogP contribution in [0.5, 0.6) is 0 Å². The van der Waals surface area contributed by atoms with Crippen LogP contribution in [0.15, 0.2) is 54.6 Å². The van der Waals surface area contributed by atoms with Gasteiger partial charge in [0.2, 0.25) is 5.91 Å². The third kappa shape index (κ3) is 4.34. The summed E-state index contributed by atoms with van der Waals surface area (Å²) >= 11 is 0. The monoisotopic (exact) mass is 382 g/mol. The molecule has 0 bridgehead atoms. The Morgan fingerprint density at radius 2 is 1.61 bits per heavy atom. The first kappa shape index (κ1) is 19.5. The molecule has 0 unspecified atom stereocenters. The van der Waals surface area contributed by atoms with Gasteiger partial charge < -0.3 is 10.2 Å². The van der Waals surface area contributed by atoms with Crippen LogP contribution >= 0.6 is 0 Å². The number of rotatable bonds is 5. The lowest BCUT2D eigenvalue weighted by Crippen LogP contribution is -2.54. The van der Waals surface area contributed by atoms with Crippen LogP contribution in [0.1, 0.15) is 17.3 Å². The normalized spacial score (nSPS) is 15.7. The summed E-state index contributed by atoms with van der Waals surface area (Å²) in [6.45, 7) is 3.93. The van der Waals surface area contributed by atoms with Crippen molar-refractivity contribution >= 4 is 23.2 Å². The maximum atomic E-state index is 12.6. The zero-order chi connectivity index (χ0) is 20.1.